The van der Waals surface area contributed by atoms with E-state index in [1.54, 1.807) is 13.2 Å². The maximum Gasteiger partial charge on any atom is 0.191 e. The molecule has 1 aromatic carbocycles. The highest BCUT2D eigenvalue weighted by Crippen LogP contribution is 2.22. The zero-order valence-corrected chi connectivity index (χ0v) is 20.2. The van der Waals surface area contributed by atoms with E-state index in [4.69, 9.17) is 4.52 Å². The van der Waals surface area contributed by atoms with Gasteiger partial charge in [-0.05, 0) is 24.0 Å². The van der Waals surface area contributed by atoms with Crippen molar-refractivity contribution in [2.75, 3.05) is 7.05 Å². The molecule has 0 atom stereocenters. The fraction of sp³-hybridized carbons (Fsp3) is 0.409. The van der Waals surface area contributed by atoms with E-state index < -0.39 is 0 Å². The standard InChI is InChI=1S/C22H30N6O.HI/c1-4-19(5-2)21-12-20(29-27-21)14-26-22(23-3)25-13-17-7-6-8-18(11-17)15-28-10-9-24-16-28;/h6-12,16,19H,4-5,13-15H2,1-3H3,(H2,23,25,26);1H. The van der Waals surface area contributed by atoms with Gasteiger partial charge in [0, 0.05) is 44.5 Å². The molecule has 0 bridgehead atoms. The molecule has 2 heterocycles. The smallest absolute Gasteiger partial charge is 0.191 e. The number of rotatable bonds is 9. The van der Waals surface area contributed by atoms with Crippen LogP contribution in [0.15, 0.2) is 58.6 Å². The molecule has 0 fully saturated rings. The number of nitrogens with zero attached hydrogens (tertiary/aromatic N) is 4. The maximum absolute atomic E-state index is 5.47. The number of imidazole rings is 1. The summed E-state index contributed by atoms with van der Waals surface area (Å²) < 4.78 is 7.53. The second-order valence-electron chi connectivity index (χ2n) is 7.07. The highest BCUT2D eigenvalue weighted by atomic mass is 127. The minimum atomic E-state index is 0. The molecule has 0 spiro atoms. The molecule has 8 heteroatoms. The van der Waals surface area contributed by atoms with Crippen LogP contribution in [0.25, 0.3) is 0 Å². The quantitative estimate of drug-likeness (QED) is 0.249. The molecule has 162 valence electrons. The van der Waals surface area contributed by atoms with Crippen LogP contribution in [0, 0.1) is 0 Å². The number of guanidine groups is 1. The fourth-order valence-corrected chi connectivity index (χ4v) is 3.32. The van der Waals surface area contributed by atoms with Crippen molar-refractivity contribution in [2.45, 2.75) is 52.2 Å². The van der Waals surface area contributed by atoms with E-state index in [2.05, 4.69) is 68.4 Å². The van der Waals surface area contributed by atoms with Crippen molar-refractivity contribution < 1.29 is 4.52 Å². The normalized spacial score (nSPS) is 11.4. The molecule has 3 rings (SSSR count). The van der Waals surface area contributed by atoms with Gasteiger partial charge in [-0.15, -0.1) is 24.0 Å². The summed E-state index contributed by atoms with van der Waals surface area (Å²) in [4.78, 5) is 8.39. The van der Waals surface area contributed by atoms with E-state index in [0.717, 1.165) is 36.8 Å². The average molecular weight is 522 g/mol. The number of aliphatic imine (C=N–C) groups is 1. The molecule has 0 aliphatic carbocycles. The molecular weight excluding hydrogens is 491 g/mol. The summed E-state index contributed by atoms with van der Waals surface area (Å²) in [5.74, 6) is 2.00. The zero-order chi connectivity index (χ0) is 20.5. The highest BCUT2D eigenvalue weighted by molar-refractivity contribution is 14.0. The lowest BCUT2D eigenvalue weighted by Crippen LogP contribution is -2.36. The SMILES string of the molecule is CCC(CC)c1cc(CNC(=NC)NCc2cccc(Cn3ccnc3)c2)on1.I. The van der Waals surface area contributed by atoms with Crippen molar-refractivity contribution in [1.82, 2.24) is 25.3 Å². The second kappa shape index (κ2) is 12.4. The van der Waals surface area contributed by atoms with E-state index >= 15 is 0 Å². The Labute approximate surface area is 195 Å². The molecule has 0 unspecified atom stereocenters. The van der Waals surface area contributed by atoms with Gasteiger partial charge in [0.2, 0.25) is 0 Å². The molecule has 0 aliphatic rings. The Morgan fingerprint density at radius 3 is 2.60 bits per heavy atom. The Morgan fingerprint density at radius 1 is 1.13 bits per heavy atom. The lowest BCUT2D eigenvalue weighted by molar-refractivity contribution is 0.368. The zero-order valence-electron chi connectivity index (χ0n) is 17.8. The van der Waals surface area contributed by atoms with E-state index in [-0.39, 0.29) is 24.0 Å². The monoisotopic (exact) mass is 522 g/mol. The van der Waals surface area contributed by atoms with E-state index in [9.17, 15) is 0 Å². The predicted molar refractivity (Wildman–Crippen MR) is 130 cm³/mol. The number of halogens is 1. The summed E-state index contributed by atoms with van der Waals surface area (Å²) in [7, 11) is 1.76. The van der Waals surface area contributed by atoms with Gasteiger partial charge < -0.3 is 19.7 Å². The van der Waals surface area contributed by atoms with Crippen LogP contribution in [0.5, 0.6) is 0 Å². The Hall–Kier alpha value is -2.36. The minimum absolute atomic E-state index is 0. The van der Waals surface area contributed by atoms with Gasteiger partial charge in [-0.1, -0.05) is 43.3 Å². The van der Waals surface area contributed by atoms with E-state index in [1.165, 1.54) is 11.1 Å². The van der Waals surface area contributed by atoms with Gasteiger partial charge in [-0.25, -0.2) is 4.98 Å². The maximum atomic E-state index is 5.47. The van der Waals surface area contributed by atoms with E-state index in [0.29, 0.717) is 19.0 Å². The third kappa shape index (κ3) is 6.86. The third-order valence-corrected chi connectivity index (χ3v) is 5.01. The van der Waals surface area contributed by atoms with Crippen molar-refractivity contribution in [1.29, 1.82) is 0 Å². The Kier molecular flexibility index (Phi) is 9.85. The summed E-state index contributed by atoms with van der Waals surface area (Å²) in [6.07, 6.45) is 7.73. The van der Waals surface area contributed by atoms with Gasteiger partial charge in [-0.2, -0.15) is 0 Å². The molecule has 3 aromatic rings. The number of nitrogens with one attached hydrogen (secondary N) is 2. The van der Waals surface area contributed by atoms with Crippen LogP contribution in [0.3, 0.4) is 0 Å². The summed E-state index contributed by atoms with van der Waals surface area (Å²) in [5.41, 5.74) is 3.46. The van der Waals surface area contributed by atoms with Gasteiger partial charge in [0.25, 0.3) is 0 Å². The van der Waals surface area contributed by atoms with Crippen LogP contribution in [0.4, 0.5) is 0 Å². The number of hydrogen-bond acceptors (Lipinski definition) is 4. The van der Waals surface area contributed by atoms with E-state index in [1.807, 2.05) is 18.6 Å². The second-order valence-corrected chi connectivity index (χ2v) is 7.07. The Morgan fingerprint density at radius 2 is 1.90 bits per heavy atom. The summed E-state index contributed by atoms with van der Waals surface area (Å²) >= 11 is 0. The number of hydrogen-bond donors (Lipinski definition) is 2. The molecule has 0 saturated heterocycles. The van der Waals surface area contributed by atoms with Crippen molar-refractivity contribution >= 4 is 29.9 Å². The Bertz CT molecular complexity index is 902. The van der Waals surface area contributed by atoms with Gasteiger partial charge in [0.05, 0.1) is 18.6 Å². The third-order valence-electron chi connectivity index (χ3n) is 5.01. The van der Waals surface area contributed by atoms with Crippen LogP contribution in [0.2, 0.25) is 0 Å². The predicted octanol–water partition coefficient (Wildman–Crippen LogP) is 4.31. The van der Waals surface area contributed by atoms with Crippen molar-refractivity contribution in [3.05, 3.63) is 71.6 Å². The van der Waals surface area contributed by atoms with Crippen LogP contribution in [0.1, 0.15) is 55.2 Å². The Balaban J connectivity index is 0.00000320. The van der Waals surface area contributed by atoms with Gasteiger partial charge in [0.15, 0.2) is 11.7 Å². The summed E-state index contributed by atoms with van der Waals surface area (Å²) in [5, 5.41) is 10.9. The summed E-state index contributed by atoms with van der Waals surface area (Å²) in [6, 6.07) is 10.5. The number of aromatic nitrogens is 3. The summed E-state index contributed by atoms with van der Waals surface area (Å²) in [6.45, 7) is 6.40. The van der Waals surface area contributed by atoms with Gasteiger partial charge >= 0.3 is 0 Å². The van der Waals surface area contributed by atoms with Crippen molar-refractivity contribution in [3.63, 3.8) is 0 Å². The molecule has 0 aliphatic heterocycles. The first-order valence-electron chi connectivity index (χ1n) is 10.1. The molecule has 0 saturated carbocycles. The number of benzene rings is 1. The first-order chi connectivity index (χ1) is 14.2. The van der Waals surface area contributed by atoms with Crippen molar-refractivity contribution in [2.24, 2.45) is 4.99 Å². The topological polar surface area (TPSA) is 80.3 Å². The molecule has 2 aromatic heterocycles. The molecule has 0 amide bonds. The molecular formula is C22H31IN6O. The highest BCUT2D eigenvalue weighted by Gasteiger charge is 2.13. The van der Waals surface area contributed by atoms with Crippen LogP contribution < -0.4 is 10.6 Å². The van der Waals surface area contributed by atoms with Gasteiger partial charge in [-0.3, -0.25) is 4.99 Å². The average Bonchev–Trinajstić information content (AvgIpc) is 3.42. The lowest BCUT2D eigenvalue weighted by atomic mass is 9.99. The fourth-order valence-electron chi connectivity index (χ4n) is 3.32. The van der Waals surface area contributed by atoms with Crippen LogP contribution in [-0.4, -0.2) is 27.7 Å². The van der Waals surface area contributed by atoms with Gasteiger partial charge in [0.1, 0.15) is 0 Å². The minimum Gasteiger partial charge on any atom is -0.359 e. The lowest BCUT2D eigenvalue weighted by Gasteiger charge is -2.12. The molecule has 30 heavy (non-hydrogen) atoms. The molecule has 2 N–H and O–H groups in total. The first-order valence-corrected chi connectivity index (χ1v) is 10.1. The first kappa shape index (κ1) is 23.9. The van der Waals surface area contributed by atoms with Crippen LogP contribution in [-0.2, 0) is 19.6 Å². The van der Waals surface area contributed by atoms with Crippen molar-refractivity contribution in [3.8, 4) is 0 Å². The van der Waals surface area contributed by atoms with Crippen LogP contribution >= 0.6 is 24.0 Å². The largest absolute Gasteiger partial charge is 0.359 e. The molecule has 7 nitrogen and oxygen atoms in total. The molecule has 0 radical (unpaired) electrons.